The monoisotopic (exact) mass is 410 g/mol. The van der Waals surface area contributed by atoms with E-state index in [4.69, 9.17) is 0 Å². The normalized spacial score (nSPS) is 20.8. The molecule has 2 aliphatic rings. The number of carbonyl (C=O) groups is 2. The van der Waals surface area contributed by atoms with E-state index in [0.29, 0.717) is 31.0 Å². The molecular formula is C25H22N4O2. The predicted octanol–water partition coefficient (Wildman–Crippen LogP) is 3.59. The zero-order valence-corrected chi connectivity index (χ0v) is 17.0. The van der Waals surface area contributed by atoms with Crippen molar-refractivity contribution in [2.45, 2.75) is 6.42 Å². The number of nitrogens with one attached hydrogen (secondary N) is 2. The summed E-state index contributed by atoms with van der Waals surface area (Å²) in [6.45, 7) is 2.07. The van der Waals surface area contributed by atoms with E-state index in [1.807, 2.05) is 29.3 Å². The average molecular weight is 410 g/mol. The maximum absolute atomic E-state index is 13.1. The van der Waals surface area contributed by atoms with Crippen molar-refractivity contribution in [1.29, 1.82) is 0 Å². The summed E-state index contributed by atoms with van der Waals surface area (Å²) in [5.41, 5.74) is 3.98. The van der Waals surface area contributed by atoms with Gasteiger partial charge in [-0.1, -0.05) is 30.3 Å². The molecule has 6 nitrogen and oxygen atoms in total. The first kappa shape index (κ1) is 18.1. The summed E-state index contributed by atoms with van der Waals surface area (Å²) < 4.78 is 0. The number of hydrogen-bond acceptors (Lipinski definition) is 3. The fraction of sp³-hybridized carbons (Fsp3) is 0.240. The van der Waals surface area contributed by atoms with E-state index >= 15 is 0 Å². The molecule has 2 amide bonds. The van der Waals surface area contributed by atoms with Gasteiger partial charge < -0.3 is 10.2 Å². The summed E-state index contributed by atoms with van der Waals surface area (Å²) in [5, 5.41) is 13.3. The fourth-order valence-electron chi connectivity index (χ4n) is 4.98. The van der Waals surface area contributed by atoms with E-state index in [1.54, 1.807) is 0 Å². The van der Waals surface area contributed by atoms with Gasteiger partial charge in [0.1, 0.15) is 0 Å². The van der Waals surface area contributed by atoms with Crippen LogP contribution in [-0.4, -0.2) is 46.5 Å². The van der Waals surface area contributed by atoms with Gasteiger partial charge in [0.15, 0.2) is 0 Å². The minimum absolute atomic E-state index is 0.0533. The van der Waals surface area contributed by atoms with E-state index in [1.165, 1.54) is 0 Å². The Labute approximate surface area is 179 Å². The van der Waals surface area contributed by atoms with Crippen LogP contribution in [0.5, 0.6) is 0 Å². The number of hydrogen-bond donors (Lipinski definition) is 2. The molecule has 31 heavy (non-hydrogen) atoms. The molecule has 154 valence electrons. The van der Waals surface area contributed by atoms with Crippen LogP contribution in [0.25, 0.3) is 32.8 Å². The Morgan fingerprint density at radius 2 is 1.65 bits per heavy atom. The lowest BCUT2D eigenvalue weighted by Crippen LogP contribution is -2.40. The second-order valence-corrected chi connectivity index (χ2v) is 8.69. The molecule has 6 heteroatoms. The molecular weight excluding hydrogens is 388 g/mol. The third-order valence-corrected chi connectivity index (χ3v) is 6.74. The van der Waals surface area contributed by atoms with Crippen molar-refractivity contribution in [3.05, 3.63) is 66.4 Å². The molecule has 0 unspecified atom stereocenters. The summed E-state index contributed by atoms with van der Waals surface area (Å²) in [4.78, 5) is 26.7. The summed E-state index contributed by atoms with van der Waals surface area (Å²) in [5.74, 6) is 0.811. The number of carbonyl (C=O) groups excluding carboxylic acids is 2. The molecule has 2 aliphatic heterocycles. The van der Waals surface area contributed by atoms with Crippen LogP contribution in [0.4, 0.5) is 0 Å². The van der Waals surface area contributed by atoms with Crippen molar-refractivity contribution in [3.8, 4) is 11.1 Å². The summed E-state index contributed by atoms with van der Waals surface area (Å²) in [6, 6.07) is 18.5. The topological polar surface area (TPSA) is 78.1 Å². The fourth-order valence-corrected chi connectivity index (χ4v) is 4.98. The number of aromatic nitrogens is 2. The third-order valence-electron chi connectivity index (χ3n) is 6.74. The van der Waals surface area contributed by atoms with E-state index in [9.17, 15) is 9.59 Å². The number of H-pyrrole nitrogens is 1. The van der Waals surface area contributed by atoms with Gasteiger partial charge in [0.25, 0.3) is 5.91 Å². The van der Waals surface area contributed by atoms with E-state index in [0.717, 1.165) is 39.3 Å². The highest BCUT2D eigenvalue weighted by molar-refractivity contribution is 5.99. The summed E-state index contributed by atoms with van der Waals surface area (Å²) in [6.07, 6.45) is 2.35. The largest absolute Gasteiger partial charge is 0.356 e. The molecule has 3 heterocycles. The van der Waals surface area contributed by atoms with Crippen LogP contribution in [0.2, 0.25) is 0 Å². The molecule has 4 aromatic rings. The van der Waals surface area contributed by atoms with Crippen molar-refractivity contribution in [2.75, 3.05) is 19.6 Å². The van der Waals surface area contributed by atoms with Gasteiger partial charge in [0, 0.05) is 37.0 Å². The van der Waals surface area contributed by atoms with Gasteiger partial charge in [-0.25, -0.2) is 0 Å². The number of aromatic amines is 1. The molecule has 0 radical (unpaired) electrons. The van der Waals surface area contributed by atoms with Crippen LogP contribution < -0.4 is 5.32 Å². The van der Waals surface area contributed by atoms with Crippen LogP contribution in [0.15, 0.2) is 60.8 Å². The SMILES string of the molecule is O=C1C[C@@H]2CN(C(=O)c3ccc4cc(-c5ccc6cn[nH]c6c5)ccc4c3)C[C@@H]2CN1. The number of likely N-dealkylation sites (tertiary alicyclic amines) is 1. The number of rotatable bonds is 2. The van der Waals surface area contributed by atoms with Gasteiger partial charge in [0.05, 0.1) is 11.7 Å². The van der Waals surface area contributed by atoms with Crippen LogP contribution in [0.1, 0.15) is 16.8 Å². The number of piperidine rings is 1. The van der Waals surface area contributed by atoms with Gasteiger partial charge in [-0.3, -0.25) is 14.7 Å². The summed E-state index contributed by atoms with van der Waals surface area (Å²) in [7, 11) is 0. The first-order valence-electron chi connectivity index (χ1n) is 10.7. The minimum Gasteiger partial charge on any atom is -0.356 e. The Morgan fingerprint density at radius 3 is 2.55 bits per heavy atom. The van der Waals surface area contributed by atoms with E-state index in [-0.39, 0.29) is 17.7 Å². The molecule has 2 saturated heterocycles. The van der Waals surface area contributed by atoms with Crippen molar-refractivity contribution in [2.24, 2.45) is 11.8 Å². The van der Waals surface area contributed by atoms with Crippen molar-refractivity contribution in [3.63, 3.8) is 0 Å². The maximum atomic E-state index is 13.1. The van der Waals surface area contributed by atoms with E-state index in [2.05, 4.69) is 51.9 Å². The molecule has 6 rings (SSSR count). The second-order valence-electron chi connectivity index (χ2n) is 8.69. The molecule has 3 aromatic carbocycles. The van der Waals surface area contributed by atoms with Crippen LogP contribution >= 0.6 is 0 Å². The number of amides is 2. The lowest BCUT2D eigenvalue weighted by Gasteiger charge is -2.23. The number of nitrogens with zero attached hydrogens (tertiary/aromatic N) is 2. The van der Waals surface area contributed by atoms with Crippen molar-refractivity contribution >= 4 is 33.5 Å². The van der Waals surface area contributed by atoms with Crippen LogP contribution in [0.3, 0.4) is 0 Å². The predicted molar refractivity (Wildman–Crippen MR) is 120 cm³/mol. The van der Waals surface area contributed by atoms with Gasteiger partial charge in [0.2, 0.25) is 5.91 Å². The Hall–Kier alpha value is -3.67. The zero-order chi connectivity index (χ0) is 20.9. The maximum Gasteiger partial charge on any atom is 0.253 e. The van der Waals surface area contributed by atoms with Crippen LogP contribution in [-0.2, 0) is 4.79 Å². The Balaban J connectivity index is 1.27. The molecule has 0 bridgehead atoms. The molecule has 0 aliphatic carbocycles. The lowest BCUT2D eigenvalue weighted by atomic mass is 9.89. The minimum atomic E-state index is 0.0533. The smallest absolute Gasteiger partial charge is 0.253 e. The Morgan fingerprint density at radius 1 is 0.903 bits per heavy atom. The highest BCUT2D eigenvalue weighted by Crippen LogP contribution is 2.31. The quantitative estimate of drug-likeness (QED) is 0.530. The highest BCUT2D eigenvalue weighted by Gasteiger charge is 2.39. The number of benzene rings is 3. The molecule has 2 atom stereocenters. The summed E-state index contributed by atoms with van der Waals surface area (Å²) >= 11 is 0. The highest BCUT2D eigenvalue weighted by atomic mass is 16.2. The first-order valence-corrected chi connectivity index (χ1v) is 10.7. The molecule has 1 aromatic heterocycles. The first-order chi connectivity index (χ1) is 15.1. The molecule has 0 saturated carbocycles. The van der Waals surface area contributed by atoms with Crippen LogP contribution in [0, 0.1) is 11.8 Å². The Bertz CT molecular complexity index is 1340. The standard InChI is InChI=1S/C25H22N4O2/c30-24-10-21-13-29(14-22(21)11-26-24)25(31)19-5-3-15-7-16(1-2-17(15)8-19)18-4-6-20-12-27-28-23(20)9-18/h1-9,12,21-22H,10-11,13-14H2,(H,26,30)(H,27,28)/t21-,22+/m1/s1. The lowest BCUT2D eigenvalue weighted by molar-refractivity contribution is -0.124. The zero-order valence-electron chi connectivity index (χ0n) is 17.0. The van der Waals surface area contributed by atoms with Gasteiger partial charge >= 0.3 is 0 Å². The van der Waals surface area contributed by atoms with Gasteiger partial charge in [-0.2, -0.15) is 5.10 Å². The van der Waals surface area contributed by atoms with Crippen molar-refractivity contribution in [1.82, 2.24) is 20.4 Å². The van der Waals surface area contributed by atoms with Crippen molar-refractivity contribution < 1.29 is 9.59 Å². The second kappa shape index (κ2) is 6.94. The molecule has 2 N–H and O–H groups in total. The molecule has 2 fully saturated rings. The third kappa shape index (κ3) is 3.15. The van der Waals surface area contributed by atoms with Gasteiger partial charge in [-0.05, 0) is 58.0 Å². The van der Waals surface area contributed by atoms with E-state index < -0.39 is 0 Å². The Kier molecular flexibility index (Phi) is 4.06. The van der Waals surface area contributed by atoms with Gasteiger partial charge in [-0.15, -0.1) is 0 Å². The average Bonchev–Trinajstić information content (AvgIpc) is 3.43. The number of fused-ring (bicyclic) bond motifs is 3. The molecule has 0 spiro atoms.